The molecule has 1 aromatic heterocycles. The van der Waals surface area contributed by atoms with Crippen LogP contribution in [0.15, 0.2) is 42.5 Å². The highest BCUT2D eigenvalue weighted by Crippen LogP contribution is 2.34. The molecule has 1 N–H and O–H groups in total. The van der Waals surface area contributed by atoms with Crippen LogP contribution in [0.25, 0.3) is 10.9 Å². The largest absolute Gasteiger partial charge is 0.454 e. The lowest BCUT2D eigenvalue weighted by Crippen LogP contribution is -2.39. The summed E-state index contributed by atoms with van der Waals surface area (Å²) in [5.74, 6) is 1.67. The number of aromatic amines is 1. The maximum atomic E-state index is 13.0. The second-order valence-electron chi connectivity index (χ2n) is 7.11. The number of carbonyl (C=O) groups is 1. The monoisotopic (exact) mass is 382 g/mol. The maximum Gasteiger partial charge on any atom is 0.254 e. The van der Waals surface area contributed by atoms with Crippen LogP contribution in [0.3, 0.4) is 0 Å². The molecule has 3 heterocycles. The lowest BCUT2D eigenvalue weighted by atomic mass is 9.94. The molecule has 2 aromatic carbocycles. The Morgan fingerprint density at radius 2 is 2.00 bits per heavy atom. The molecule has 1 atom stereocenters. The van der Waals surface area contributed by atoms with Crippen molar-refractivity contribution in [3.63, 3.8) is 0 Å². The van der Waals surface area contributed by atoms with Crippen molar-refractivity contribution in [2.24, 2.45) is 0 Å². The van der Waals surface area contributed by atoms with Crippen molar-refractivity contribution in [2.75, 3.05) is 19.9 Å². The predicted octanol–water partition coefficient (Wildman–Crippen LogP) is 4.57. The van der Waals surface area contributed by atoms with Gasteiger partial charge in [0.05, 0.1) is 0 Å². The highest BCUT2D eigenvalue weighted by atomic mass is 35.5. The van der Waals surface area contributed by atoms with Gasteiger partial charge in [-0.2, -0.15) is 0 Å². The molecular formula is C21H19ClN2O3. The molecule has 1 amide bonds. The van der Waals surface area contributed by atoms with E-state index in [0.717, 1.165) is 41.0 Å². The first-order valence-corrected chi connectivity index (χ1v) is 9.52. The molecule has 6 heteroatoms. The fourth-order valence-electron chi connectivity index (χ4n) is 3.97. The number of H-pyrrole nitrogens is 1. The van der Waals surface area contributed by atoms with Crippen LogP contribution >= 0.6 is 11.6 Å². The number of hydrogen-bond donors (Lipinski definition) is 1. The number of hydrogen-bond acceptors (Lipinski definition) is 3. The van der Waals surface area contributed by atoms with Gasteiger partial charge in [0, 0.05) is 46.2 Å². The fourth-order valence-corrected chi connectivity index (χ4v) is 4.15. The summed E-state index contributed by atoms with van der Waals surface area (Å²) in [4.78, 5) is 18.4. The van der Waals surface area contributed by atoms with E-state index in [0.29, 0.717) is 29.5 Å². The predicted molar refractivity (Wildman–Crippen MR) is 104 cm³/mol. The smallest absolute Gasteiger partial charge is 0.254 e. The van der Waals surface area contributed by atoms with Crippen molar-refractivity contribution in [1.29, 1.82) is 0 Å². The second-order valence-corrected chi connectivity index (χ2v) is 7.55. The normalized spacial score (nSPS) is 18.9. The van der Waals surface area contributed by atoms with Crippen molar-refractivity contribution < 1.29 is 14.3 Å². The molecule has 1 saturated heterocycles. The zero-order valence-electron chi connectivity index (χ0n) is 14.7. The Kier molecular flexibility index (Phi) is 3.97. The molecule has 1 unspecified atom stereocenters. The summed E-state index contributed by atoms with van der Waals surface area (Å²) < 4.78 is 10.7. The van der Waals surface area contributed by atoms with Crippen LogP contribution < -0.4 is 9.47 Å². The van der Waals surface area contributed by atoms with Crippen molar-refractivity contribution in [3.05, 3.63) is 58.7 Å². The third-order valence-corrected chi connectivity index (χ3v) is 5.61. The lowest BCUT2D eigenvalue weighted by molar-refractivity contribution is 0.0705. The number of benzene rings is 2. The van der Waals surface area contributed by atoms with E-state index in [4.69, 9.17) is 21.1 Å². The first-order chi connectivity index (χ1) is 13.2. The van der Waals surface area contributed by atoms with Crippen LogP contribution in [0.5, 0.6) is 11.5 Å². The van der Waals surface area contributed by atoms with Crippen LogP contribution in [0.1, 0.15) is 34.8 Å². The summed E-state index contributed by atoms with van der Waals surface area (Å²) in [6.45, 7) is 1.69. The summed E-state index contributed by atoms with van der Waals surface area (Å²) in [7, 11) is 0. The quantitative estimate of drug-likeness (QED) is 0.706. The zero-order chi connectivity index (χ0) is 18.4. The number of fused-ring (bicyclic) bond motifs is 2. The van der Waals surface area contributed by atoms with Gasteiger partial charge in [0.1, 0.15) is 0 Å². The Labute approximate surface area is 161 Å². The Hall–Kier alpha value is -2.66. The number of amides is 1. The van der Waals surface area contributed by atoms with E-state index in [1.54, 1.807) is 12.1 Å². The summed E-state index contributed by atoms with van der Waals surface area (Å²) in [6, 6.07) is 13.4. The van der Waals surface area contributed by atoms with E-state index >= 15 is 0 Å². The topological polar surface area (TPSA) is 54.6 Å². The molecule has 2 aliphatic heterocycles. The van der Waals surface area contributed by atoms with Gasteiger partial charge >= 0.3 is 0 Å². The number of aromatic nitrogens is 1. The molecule has 0 radical (unpaired) electrons. The van der Waals surface area contributed by atoms with E-state index in [-0.39, 0.29) is 12.7 Å². The molecular weight excluding hydrogens is 364 g/mol. The van der Waals surface area contributed by atoms with Crippen LogP contribution in [0.2, 0.25) is 5.02 Å². The minimum atomic E-state index is 0.0390. The Morgan fingerprint density at radius 1 is 1.11 bits per heavy atom. The minimum absolute atomic E-state index is 0.0390. The number of likely N-dealkylation sites (tertiary alicyclic amines) is 1. The van der Waals surface area contributed by atoms with E-state index in [1.165, 1.54) is 0 Å². The first-order valence-electron chi connectivity index (χ1n) is 9.14. The number of piperidine rings is 1. The standard InChI is InChI=1S/C21H19ClN2O3/c22-16-4-5-17-15(8-16)9-18(23-17)14-2-1-7-24(11-14)21(25)13-3-6-19-20(10-13)27-12-26-19/h3-6,8-10,14,23H,1-2,7,11-12H2. The molecule has 0 bridgehead atoms. The molecule has 0 spiro atoms. The number of nitrogens with zero attached hydrogens (tertiary/aromatic N) is 1. The number of rotatable bonds is 2. The molecule has 2 aliphatic rings. The van der Waals surface area contributed by atoms with Gasteiger partial charge in [-0.15, -0.1) is 0 Å². The van der Waals surface area contributed by atoms with Crippen LogP contribution in [0, 0.1) is 0 Å². The van der Waals surface area contributed by atoms with Gasteiger partial charge in [0.2, 0.25) is 6.79 Å². The van der Waals surface area contributed by atoms with Gasteiger partial charge in [0.25, 0.3) is 5.91 Å². The molecule has 3 aromatic rings. The Bertz CT molecular complexity index is 1030. The maximum absolute atomic E-state index is 13.0. The lowest BCUT2D eigenvalue weighted by Gasteiger charge is -2.32. The summed E-state index contributed by atoms with van der Waals surface area (Å²) >= 11 is 6.10. The van der Waals surface area contributed by atoms with Crippen molar-refractivity contribution in [1.82, 2.24) is 9.88 Å². The van der Waals surface area contributed by atoms with E-state index in [9.17, 15) is 4.79 Å². The first kappa shape index (κ1) is 16.5. The number of halogens is 1. The molecule has 5 nitrogen and oxygen atoms in total. The van der Waals surface area contributed by atoms with Crippen LogP contribution in [-0.2, 0) is 0 Å². The molecule has 1 fully saturated rings. The Balaban J connectivity index is 1.37. The molecule has 27 heavy (non-hydrogen) atoms. The fraction of sp³-hybridized carbons (Fsp3) is 0.286. The summed E-state index contributed by atoms with van der Waals surface area (Å²) in [6.07, 6.45) is 2.04. The van der Waals surface area contributed by atoms with Gasteiger partial charge in [-0.3, -0.25) is 4.79 Å². The molecule has 5 rings (SSSR count). The van der Waals surface area contributed by atoms with Gasteiger partial charge in [0.15, 0.2) is 11.5 Å². The van der Waals surface area contributed by atoms with E-state index in [2.05, 4.69) is 11.1 Å². The molecule has 138 valence electrons. The minimum Gasteiger partial charge on any atom is -0.454 e. The van der Waals surface area contributed by atoms with Gasteiger partial charge in [-0.25, -0.2) is 0 Å². The van der Waals surface area contributed by atoms with E-state index < -0.39 is 0 Å². The third-order valence-electron chi connectivity index (χ3n) is 5.37. The summed E-state index contributed by atoms with van der Waals surface area (Å²) in [5, 5.41) is 1.84. The van der Waals surface area contributed by atoms with E-state index in [1.807, 2.05) is 29.2 Å². The molecule has 0 saturated carbocycles. The van der Waals surface area contributed by atoms with Crippen molar-refractivity contribution in [2.45, 2.75) is 18.8 Å². The highest BCUT2D eigenvalue weighted by Gasteiger charge is 2.27. The number of carbonyl (C=O) groups excluding carboxylic acids is 1. The number of nitrogens with one attached hydrogen (secondary N) is 1. The third kappa shape index (κ3) is 3.02. The number of ether oxygens (including phenoxy) is 2. The van der Waals surface area contributed by atoms with Crippen LogP contribution in [0.4, 0.5) is 0 Å². The SMILES string of the molecule is O=C(c1ccc2c(c1)OCO2)N1CCCC(c2cc3cc(Cl)ccc3[nH]2)C1. The van der Waals surface area contributed by atoms with Gasteiger partial charge in [-0.05, 0) is 55.3 Å². The Morgan fingerprint density at radius 3 is 2.93 bits per heavy atom. The van der Waals surface area contributed by atoms with Crippen molar-refractivity contribution >= 4 is 28.4 Å². The summed E-state index contributed by atoms with van der Waals surface area (Å²) in [5.41, 5.74) is 2.88. The van der Waals surface area contributed by atoms with Gasteiger partial charge < -0.3 is 19.4 Å². The molecule has 0 aliphatic carbocycles. The average molecular weight is 383 g/mol. The van der Waals surface area contributed by atoms with Crippen LogP contribution in [-0.4, -0.2) is 35.7 Å². The zero-order valence-corrected chi connectivity index (χ0v) is 15.5. The van der Waals surface area contributed by atoms with Gasteiger partial charge in [-0.1, -0.05) is 11.6 Å². The van der Waals surface area contributed by atoms with Crippen molar-refractivity contribution in [3.8, 4) is 11.5 Å². The second kappa shape index (κ2) is 6.50. The average Bonchev–Trinajstić information content (AvgIpc) is 3.33. The highest BCUT2D eigenvalue weighted by molar-refractivity contribution is 6.31.